The van der Waals surface area contributed by atoms with Gasteiger partial charge in [0.25, 0.3) is 5.91 Å². The molecule has 0 saturated carbocycles. The maximum absolute atomic E-state index is 12.0. The van der Waals surface area contributed by atoms with Gasteiger partial charge in [0.2, 0.25) is 0 Å². The van der Waals surface area contributed by atoms with Gasteiger partial charge in [-0.05, 0) is 25.1 Å². The van der Waals surface area contributed by atoms with Crippen molar-refractivity contribution in [3.8, 4) is 0 Å². The van der Waals surface area contributed by atoms with E-state index in [4.69, 9.17) is 34.8 Å². The third-order valence-corrected chi connectivity index (χ3v) is 3.31. The molecule has 2 aromatic rings. The highest BCUT2D eigenvalue weighted by Crippen LogP contribution is 2.26. The first kappa shape index (κ1) is 14.1. The van der Waals surface area contributed by atoms with Crippen molar-refractivity contribution in [1.82, 2.24) is 9.97 Å². The van der Waals surface area contributed by atoms with Gasteiger partial charge in [-0.25, -0.2) is 9.97 Å². The first-order valence-electron chi connectivity index (χ1n) is 5.23. The van der Waals surface area contributed by atoms with Crippen molar-refractivity contribution < 1.29 is 4.79 Å². The lowest BCUT2D eigenvalue weighted by Crippen LogP contribution is -2.14. The highest BCUT2D eigenvalue weighted by Gasteiger charge is 2.14. The number of amides is 1. The van der Waals surface area contributed by atoms with Crippen LogP contribution < -0.4 is 5.32 Å². The molecule has 7 heteroatoms. The van der Waals surface area contributed by atoms with Crippen molar-refractivity contribution in [3.63, 3.8) is 0 Å². The average molecular weight is 317 g/mol. The minimum absolute atomic E-state index is 0.113. The number of halogens is 3. The Morgan fingerprint density at radius 2 is 2.00 bits per heavy atom. The lowest BCUT2D eigenvalue weighted by Gasteiger charge is -2.08. The Bertz CT molecular complexity index is 646. The van der Waals surface area contributed by atoms with Crippen LogP contribution in [0.3, 0.4) is 0 Å². The number of hydrogen-bond acceptors (Lipinski definition) is 3. The standard InChI is InChI=1S/C12H8Cl3N3O/c1-6-8(13)5-9(14)11(17-6)18-12(19)7-3-2-4-16-10(7)15/h2-5H,1H3,(H,17,18,19). The van der Waals surface area contributed by atoms with Gasteiger partial charge in [0.05, 0.1) is 21.3 Å². The van der Waals surface area contributed by atoms with E-state index in [1.54, 1.807) is 19.1 Å². The molecule has 1 amide bonds. The van der Waals surface area contributed by atoms with Gasteiger partial charge < -0.3 is 5.32 Å². The van der Waals surface area contributed by atoms with Crippen LogP contribution in [-0.4, -0.2) is 15.9 Å². The summed E-state index contributed by atoms with van der Waals surface area (Å²) in [6.07, 6.45) is 1.50. The molecule has 4 nitrogen and oxygen atoms in total. The van der Waals surface area contributed by atoms with Crippen LogP contribution in [0.25, 0.3) is 0 Å². The third-order valence-electron chi connectivity index (χ3n) is 2.34. The summed E-state index contributed by atoms with van der Waals surface area (Å²) in [6, 6.07) is 4.69. The Hall–Kier alpha value is -1.36. The van der Waals surface area contributed by atoms with Crippen molar-refractivity contribution in [2.45, 2.75) is 6.92 Å². The van der Waals surface area contributed by atoms with Crippen LogP contribution in [0.15, 0.2) is 24.4 Å². The smallest absolute Gasteiger partial charge is 0.259 e. The molecule has 0 aliphatic carbocycles. The van der Waals surface area contributed by atoms with E-state index in [1.165, 1.54) is 12.3 Å². The first-order chi connectivity index (χ1) is 8.99. The SMILES string of the molecule is Cc1nc(NC(=O)c2cccnc2Cl)c(Cl)cc1Cl. The van der Waals surface area contributed by atoms with E-state index in [0.29, 0.717) is 10.7 Å². The summed E-state index contributed by atoms with van der Waals surface area (Å²) in [7, 11) is 0. The highest BCUT2D eigenvalue weighted by atomic mass is 35.5. The van der Waals surface area contributed by atoms with Crippen LogP contribution in [0.5, 0.6) is 0 Å². The molecule has 2 heterocycles. The van der Waals surface area contributed by atoms with E-state index in [2.05, 4.69) is 15.3 Å². The van der Waals surface area contributed by atoms with Crippen molar-refractivity contribution >= 4 is 46.5 Å². The zero-order chi connectivity index (χ0) is 14.0. The summed E-state index contributed by atoms with van der Waals surface area (Å²) in [5.41, 5.74) is 0.813. The molecule has 0 saturated heterocycles. The molecule has 0 bridgehead atoms. The first-order valence-corrected chi connectivity index (χ1v) is 6.37. The molecule has 0 aliphatic rings. The quantitative estimate of drug-likeness (QED) is 0.852. The Kier molecular flexibility index (Phi) is 4.24. The number of hydrogen-bond donors (Lipinski definition) is 1. The summed E-state index contributed by atoms with van der Waals surface area (Å²) in [6.45, 7) is 1.71. The van der Waals surface area contributed by atoms with Crippen LogP contribution in [0, 0.1) is 6.92 Å². The Balaban J connectivity index is 2.30. The van der Waals surface area contributed by atoms with Crippen LogP contribution in [0.4, 0.5) is 5.82 Å². The summed E-state index contributed by atoms with van der Waals surface area (Å²) in [4.78, 5) is 20.0. The minimum Gasteiger partial charge on any atom is -0.305 e. The topological polar surface area (TPSA) is 54.9 Å². The fraction of sp³-hybridized carbons (Fsp3) is 0.0833. The van der Waals surface area contributed by atoms with Gasteiger partial charge in [0.1, 0.15) is 5.15 Å². The number of nitrogens with one attached hydrogen (secondary N) is 1. The predicted octanol–water partition coefficient (Wildman–Crippen LogP) is 4.00. The Morgan fingerprint density at radius 3 is 2.68 bits per heavy atom. The summed E-state index contributed by atoms with van der Waals surface area (Å²) >= 11 is 17.7. The Morgan fingerprint density at radius 1 is 1.26 bits per heavy atom. The van der Waals surface area contributed by atoms with Crippen molar-refractivity contribution in [2.75, 3.05) is 5.32 Å². The fourth-order valence-corrected chi connectivity index (χ4v) is 1.99. The van der Waals surface area contributed by atoms with E-state index in [9.17, 15) is 4.79 Å². The van der Waals surface area contributed by atoms with Crippen LogP contribution in [0.2, 0.25) is 15.2 Å². The minimum atomic E-state index is -0.436. The van der Waals surface area contributed by atoms with Gasteiger partial charge in [-0.15, -0.1) is 0 Å². The van der Waals surface area contributed by atoms with E-state index in [0.717, 1.165) is 0 Å². The maximum atomic E-state index is 12.0. The third kappa shape index (κ3) is 3.15. The number of carbonyl (C=O) groups excluding carboxylic acids is 1. The average Bonchev–Trinajstić information content (AvgIpc) is 2.36. The summed E-state index contributed by atoms with van der Waals surface area (Å²) in [5.74, 6) is -0.206. The highest BCUT2D eigenvalue weighted by molar-refractivity contribution is 6.37. The number of rotatable bonds is 2. The maximum Gasteiger partial charge on any atom is 0.259 e. The molecule has 2 rings (SSSR count). The van der Waals surface area contributed by atoms with E-state index < -0.39 is 5.91 Å². The number of aryl methyl sites for hydroxylation is 1. The monoisotopic (exact) mass is 315 g/mol. The predicted molar refractivity (Wildman–Crippen MR) is 76.2 cm³/mol. The second kappa shape index (κ2) is 5.74. The van der Waals surface area contributed by atoms with E-state index in [1.807, 2.05) is 0 Å². The largest absolute Gasteiger partial charge is 0.305 e. The van der Waals surface area contributed by atoms with Crippen molar-refractivity contribution in [2.24, 2.45) is 0 Å². The molecule has 0 aliphatic heterocycles. The van der Waals surface area contributed by atoms with Gasteiger partial charge in [-0.3, -0.25) is 4.79 Å². The lowest BCUT2D eigenvalue weighted by atomic mass is 10.2. The van der Waals surface area contributed by atoms with Gasteiger partial charge in [0, 0.05) is 6.20 Å². The van der Waals surface area contributed by atoms with Gasteiger partial charge in [0.15, 0.2) is 5.82 Å². The number of anilines is 1. The van der Waals surface area contributed by atoms with Gasteiger partial charge >= 0.3 is 0 Å². The van der Waals surface area contributed by atoms with Crippen LogP contribution in [-0.2, 0) is 0 Å². The second-order valence-electron chi connectivity index (χ2n) is 3.68. The fourth-order valence-electron chi connectivity index (χ4n) is 1.38. The van der Waals surface area contributed by atoms with E-state index >= 15 is 0 Å². The number of pyridine rings is 2. The number of nitrogens with zero attached hydrogens (tertiary/aromatic N) is 2. The molecule has 19 heavy (non-hydrogen) atoms. The molecular formula is C12H8Cl3N3O. The molecule has 0 fully saturated rings. The number of aromatic nitrogens is 2. The van der Waals surface area contributed by atoms with Gasteiger partial charge in [-0.2, -0.15) is 0 Å². The summed E-state index contributed by atoms with van der Waals surface area (Å²) in [5, 5.41) is 3.37. The van der Waals surface area contributed by atoms with Gasteiger partial charge in [-0.1, -0.05) is 34.8 Å². The zero-order valence-corrected chi connectivity index (χ0v) is 12.0. The molecule has 0 radical (unpaired) electrons. The number of carbonyl (C=O) groups is 1. The molecule has 0 spiro atoms. The van der Waals surface area contributed by atoms with Crippen LogP contribution in [0.1, 0.15) is 16.1 Å². The zero-order valence-electron chi connectivity index (χ0n) is 9.75. The van der Waals surface area contributed by atoms with Crippen molar-refractivity contribution in [3.05, 3.63) is 50.9 Å². The molecule has 2 aromatic heterocycles. The second-order valence-corrected chi connectivity index (χ2v) is 4.85. The molecule has 0 unspecified atom stereocenters. The molecule has 0 atom stereocenters. The molecule has 1 N–H and O–H groups in total. The molecule has 98 valence electrons. The summed E-state index contributed by atoms with van der Waals surface area (Å²) < 4.78 is 0. The normalized spacial score (nSPS) is 10.3. The Labute approximate surface area is 124 Å². The van der Waals surface area contributed by atoms with E-state index in [-0.39, 0.29) is 21.6 Å². The van der Waals surface area contributed by atoms with Crippen LogP contribution >= 0.6 is 34.8 Å². The molecular weight excluding hydrogens is 309 g/mol. The lowest BCUT2D eigenvalue weighted by molar-refractivity contribution is 0.102. The molecule has 0 aromatic carbocycles. The van der Waals surface area contributed by atoms with Crippen molar-refractivity contribution in [1.29, 1.82) is 0 Å².